The van der Waals surface area contributed by atoms with Gasteiger partial charge in [-0.2, -0.15) is 0 Å². The van der Waals surface area contributed by atoms with Crippen LogP contribution in [0.4, 0.5) is 0 Å². The standard InChI is InChI=1S/C11H20N2O2/c1-4-7-15-8-10(14)13-6-5-12-11(2,3)9-13/h4,12H,1,5-9H2,2-3H3. The van der Waals surface area contributed by atoms with Crippen molar-refractivity contribution in [1.29, 1.82) is 0 Å². The zero-order valence-electron chi connectivity index (χ0n) is 9.58. The van der Waals surface area contributed by atoms with Crippen molar-refractivity contribution in [1.82, 2.24) is 10.2 Å². The van der Waals surface area contributed by atoms with E-state index in [0.29, 0.717) is 6.61 Å². The van der Waals surface area contributed by atoms with Gasteiger partial charge in [-0.3, -0.25) is 4.79 Å². The molecule has 1 aliphatic heterocycles. The number of carbonyl (C=O) groups is 1. The maximum absolute atomic E-state index is 11.7. The molecule has 0 aromatic heterocycles. The van der Waals surface area contributed by atoms with Crippen molar-refractivity contribution in [3.05, 3.63) is 12.7 Å². The fourth-order valence-electron chi connectivity index (χ4n) is 1.68. The summed E-state index contributed by atoms with van der Waals surface area (Å²) in [6.07, 6.45) is 1.65. The molecule has 1 fully saturated rings. The predicted molar refractivity (Wildman–Crippen MR) is 59.7 cm³/mol. The molecule has 0 aromatic rings. The molecular formula is C11H20N2O2. The smallest absolute Gasteiger partial charge is 0.248 e. The Hall–Kier alpha value is -0.870. The first kappa shape index (κ1) is 12.2. The first-order valence-electron chi connectivity index (χ1n) is 5.26. The Morgan fingerprint density at radius 3 is 3.00 bits per heavy atom. The van der Waals surface area contributed by atoms with Gasteiger partial charge in [-0.15, -0.1) is 6.58 Å². The van der Waals surface area contributed by atoms with Crippen LogP contribution in [0.3, 0.4) is 0 Å². The second-order valence-corrected chi connectivity index (χ2v) is 4.43. The van der Waals surface area contributed by atoms with E-state index in [-0.39, 0.29) is 18.1 Å². The van der Waals surface area contributed by atoms with Gasteiger partial charge in [0.05, 0.1) is 6.61 Å². The topological polar surface area (TPSA) is 41.6 Å². The van der Waals surface area contributed by atoms with Crippen molar-refractivity contribution in [3.63, 3.8) is 0 Å². The molecule has 0 saturated carbocycles. The number of nitrogens with one attached hydrogen (secondary N) is 1. The van der Waals surface area contributed by atoms with Gasteiger partial charge in [-0.05, 0) is 13.8 Å². The molecule has 86 valence electrons. The predicted octanol–water partition coefficient (Wildman–Crippen LogP) is 0.399. The van der Waals surface area contributed by atoms with E-state index in [0.717, 1.165) is 19.6 Å². The van der Waals surface area contributed by atoms with Gasteiger partial charge in [0.25, 0.3) is 0 Å². The highest BCUT2D eigenvalue weighted by molar-refractivity contribution is 5.77. The fraction of sp³-hybridized carbons (Fsp3) is 0.727. The number of hydrogen-bond acceptors (Lipinski definition) is 3. The summed E-state index contributed by atoms with van der Waals surface area (Å²) in [6, 6.07) is 0. The van der Waals surface area contributed by atoms with Gasteiger partial charge < -0.3 is 15.0 Å². The summed E-state index contributed by atoms with van der Waals surface area (Å²) in [7, 11) is 0. The molecule has 0 atom stereocenters. The average Bonchev–Trinajstić information content (AvgIpc) is 2.16. The molecule has 15 heavy (non-hydrogen) atoms. The molecule has 0 unspecified atom stereocenters. The van der Waals surface area contributed by atoms with Gasteiger partial charge >= 0.3 is 0 Å². The van der Waals surface area contributed by atoms with Crippen LogP contribution < -0.4 is 5.32 Å². The number of rotatable bonds is 4. The highest BCUT2D eigenvalue weighted by Crippen LogP contribution is 2.10. The van der Waals surface area contributed by atoms with Gasteiger partial charge in [0.1, 0.15) is 6.61 Å². The van der Waals surface area contributed by atoms with E-state index in [2.05, 4.69) is 25.7 Å². The van der Waals surface area contributed by atoms with Gasteiger partial charge in [-0.1, -0.05) is 6.08 Å². The lowest BCUT2D eigenvalue weighted by Crippen LogP contribution is -2.58. The zero-order chi connectivity index (χ0) is 11.3. The Balaban J connectivity index is 2.35. The fourth-order valence-corrected chi connectivity index (χ4v) is 1.68. The SMILES string of the molecule is C=CCOCC(=O)N1CCNC(C)(C)C1. The molecule has 0 radical (unpaired) electrons. The highest BCUT2D eigenvalue weighted by Gasteiger charge is 2.28. The minimum atomic E-state index is 0.00630. The van der Waals surface area contributed by atoms with Crippen LogP contribution in [0.2, 0.25) is 0 Å². The zero-order valence-corrected chi connectivity index (χ0v) is 9.58. The first-order valence-corrected chi connectivity index (χ1v) is 5.26. The van der Waals surface area contributed by atoms with Gasteiger partial charge in [0.15, 0.2) is 0 Å². The van der Waals surface area contributed by atoms with E-state index in [9.17, 15) is 4.79 Å². The molecule has 0 aromatic carbocycles. The summed E-state index contributed by atoms with van der Waals surface area (Å²) in [5.74, 6) is 0.0615. The van der Waals surface area contributed by atoms with Crippen LogP contribution in [0.1, 0.15) is 13.8 Å². The Labute approximate surface area is 91.3 Å². The summed E-state index contributed by atoms with van der Waals surface area (Å²) in [6.45, 7) is 10.7. The lowest BCUT2D eigenvalue weighted by Gasteiger charge is -2.39. The van der Waals surface area contributed by atoms with Gasteiger partial charge in [0, 0.05) is 25.2 Å². The highest BCUT2D eigenvalue weighted by atomic mass is 16.5. The number of carbonyl (C=O) groups excluding carboxylic acids is 1. The Morgan fingerprint density at radius 1 is 1.67 bits per heavy atom. The third-order valence-electron chi connectivity index (χ3n) is 2.39. The molecule has 0 spiro atoms. The van der Waals surface area contributed by atoms with Gasteiger partial charge in [0.2, 0.25) is 5.91 Å². The van der Waals surface area contributed by atoms with Crippen molar-refractivity contribution >= 4 is 5.91 Å². The third kappa shape index (κ3) is 4.01. The van der Waals surface area contributed by atoms with Crippen molar-refractivity contribution in [2.75, 3.05) is 32.8 Å². The Morgan fingerprint density at radius 2 is 2.40 bits per heavy atom. The molecule has 0 aliphatic carbocycles. The van der Waals surface area contributed by atoms with E-state index in [1.54, 1.807) is 6.08 Å². The van der Waals surface area contributed by atoms with Crippen LogP contribution in [-0.4, -0.2) is 49.2 Å². The first-order chi connectivity index (χ1) is 7.05. The minimum absolute atomic E-state index is 0.00630. The molecule has 1 rings (SSSR count). The van der Waals surface area contributed by atoms with Crippen LogP contribution in [-0.2, 0) is 9.53 Å². The molecule has 0 bridgehead atoms. The molecule has 1 saturated heterocycles. The average molecular weight is 212 g/mol. The number of ether oxygens (including phenoxy) is 1. The summed E-state index contributed by atoms with van der Waals surface area (Å²) < 4.78 is 5.14. The third-order valence-corrected chi connectivity index (χ3v) is 2.39. The number of piperazine rings is 1. The van der Waals surface area contributed by atoms with E-state index in [1.165, 1.54) is 0 Å². The van der Waals surface area contributed by atoms with Crippen LogP contribution in [0.15, 0.2) is 12.7 Å². The summed E-state index contributed by atoms with van der Waals surface area (Å²) in [5.41, 5.74) is 0.00630. The second-order valence-electron chi connectivity index (χ2n) is 4.43. The largest absolute Gasteiger partial charge is 0.368 e. The number of nitrogens with zero attached hydrogens (tertiary/aromatic N) is 1. The van der Waals surface area contributed by atoms with Crippen LogP contribution in [0.5, 0.6) is 0 Å². The lowest BCUT2D eigenvalue weighted by molar-refractivity contribution is -0.137. The molecule has 4 heteroatoms. The minimum Gasteiger partial charge on any atom is -0.368 e. The second kappa shape index (κ2) is 5.28. The van der Waals surface area contributed by atoms with Crippen molar-refractivity contribution in [3.8, 4) is 0 Å². The monoisotopic (exact) mass is 212 g/mol. The van der Waals surface area contributed by atoms with Crippen molar-refractivity contribution in [2.45, 2.75) is 19.4 Å². The van der Waals surface area contributed by atoms with Crippen LogP contribution in [0, 0.1) is 0 Å². The van der Waals surface area contributed by atoms with Crippen LogP contribution in [0.25, 0.3) is 0 Å². The molecular weight excluding hydrogens is 192 g/mol. The Bertz CT molecular complexity index is 239. The molecule has 1 N–H and O–H groups in total. The van der Waals surface area contributed by atoms with Crippen molar-refractivity contribution < 1.29 is 9.53 Å². The number of hydrogen-bond donors (Lipinski definition) is 1. The summed E-state index contributed by atoms with van der Waals surface area (Å²) in [4.78, 5) is 13.5. The van der Waals surface area contributed by atoms with E-state index in [1.807, 2.05) is 4.90 Å². The van der Waals surface area contributed by atoms with E-state index < -0.39 is 0 Å². The molecule has 1 heterocycles. The van der Waals surface area contributed by atoms with Crippen LogP contribution >= 0.6 is 0 Å². The van der Waals surface area contributed by atoms with Gasteiger partial charge in [-0.25, -0.2) is 0 Å². The maximum atomic E-state index is 11.7. The number of amides is 1. The van der Waals surface area contributed by atoms with E-state index in [4.69, 9.17) is 4.74 Å². The normalized spacial score (nSPS) is 20.0. The maximum Gasteiger partial charge on any atom is 0.248 e. The molecule has 1 aliphatic rings. The van der Waals surface area contributed by atoms with Crippen molar-refractivity contribution in [2.24, 2.45) is 0 Å². The van der Waals surface area contributed by atoms with E-state index >= 15 is 0 Å². The quantitative estimate of drug-likeness (QED) is 0.542. The Kier molecular flexibility index (Phi) is 4.29. The summed E-state index contributed by atoms with van der Waals surface area (Å²) >= 11 is 0. The lowest BCUT2D eigenvalue weighted by atomic mass is 10.0. The molecule has 4 nitrogen and oxygen atoms in total. The summed E-state index contributed by atoms with van der Waals surface area (Å²) in [5, 5.41) is 3.36. The molecule has 1 amide bonds.